The highest BCUT2D eigenvalue weighted by atomic mass is 16.4. The number of carbonyl (C=O) groups is 2. The largest absolute Gasteiger partial charge is 0.481 e. The van der Waals surface area contributed by atoms with Gasteiger partial charge in [0.05, 0.1) is 0 Å². The summed E-state index contributed by atoms with van der Waals surface area (Å²) in [7, 11) is 0. The van der Waals surface area contributed by atoms with E-state index in [1.165, 1.54) is 0 Å². The molecule has 4 heteroatoms. The summed E-state index contributed by atoms with van der Waals surface area (Å²) in [5, 5.41) is 22.3. The number of carboxylic acid groups (broad SMARTS) is 2. The third-order valence-electron chi connectivity index (χ3n) is 5.46. The van der Waals surface area contributed by atoms with E-state index in [1.807, 2.05) is 36.4 Å². The van der Waals surface area contributed by atoms with E-state index in [0.717, 1.165) is 43.8 Å². The zero-order valence-electron chi connectivity index (χ0n) is 16.5. The average molecular weight is 398 g/mol. The second-order valence-corrected chi connectivity index (χ2v) is 7.50. The van der Waals surface area contributed by atoms with Crippen LogP contribution in [0.3, 0.4) is 0 Å². The molecule has 0 saturated heterocycles. The maximum atomic E-state index is 11.0. The summed E-state index contributed by atoms with van der Waals surface area (Å²) in [4.78, 5) is 21.9. The monoisotopic (exact) mass is 398 g/mol. The summed E-state index contributed by atoms with van der Waals surface area (Å²) in [5.74, 6) is -1.59. The van der Waals surface area contributed by atoms with Crippen molar-refractivity contribution in [2.24, 2.45) is 0 Å². The number of carboxylic acids is 2. The van der Waals surface area contributed by atoms with E-state index < -0.39 is 11.9 Å². The van der Waals surface area contributed by atoms with Crippen molar-refractivity contribution in [3.63, 3.8) is 0 Å². The van der Waals surface area contributed by atoms with Gasteiger partial charge in [0.2, 0.25) is 0 Å². The molecule has 0 unspecified atom stereocenters. The number of fused-ring (bicyclic) bond motifs is 2. The average Bonchev–Trinajstić information content (AvgIpc) is 2.75. The van der Waals surface area contributed by atoms with E-state index in [-0.39, 0.29) is 12.8 Å². The van der Waals surface area contributed by atoms with Crippen molar-refractivity contribution < 1.29 is 19.8 Å². The van der Waals surface area contributed by atoms with Crippen LogP contribution in [-0.2, 0) is 22.4 Å². The van der Waals surface area contributed by atoms with Gasteiger partial charge in [0, 0.05) is 12.8 Å². The Balaban J connectivity index is 1.76. The van der Waals surface area contributed by atoms with Gasteiger partial charge in [0.1, 0.15) is 0 Å². The van der Waals surface area contributed by atoms with Gasteiger partial charge >= 0.3 is 11.9 Å². The van der Waals surface area contributed by atoms with Crippen LogP contribution >= 0.6 is 0 Å². The number of aryl methyl sites for hydroxylation is 2. The minimum atomic E-state index is -0.795. The first-order valence-corrected chi connectivity index (χ1v) is 9.98. The Morgan fingerprint density at radius 2 is 1.40 bits per heavy atom. The first-order valence-electron chi connectivity index (χ1n) is 9.98. The number of aliphatic carboxylic acids is 2. The lowest BCUT2D eigenvalue weighted by Crippen LogP contribution is -1.98. The zero-order valence-corrected chi connectivity index (χ0v) is 16.5. The van der Waals surface area contributed by atoms with Gasteiger partial charge in [-0.15, -0.1) is 0 Å². The molecule has 0 aromatic heterocycles. The molecule has 0 spiro atoms. The van der Waals surface area contributed by atoms with Crippen molar-refractivity contribution in [3.8, 4) is 11.1 Å². The maximum absolute atomic E-state index is 11.0. The lowest BCUT2D eigenvalue weighted by atomic mass is 9.93. The number of rotatable bonds is 7. The Bertz CT molecular complexity index is 1260. The van der Waals surface area contributed by atoms with Gasteiger partial charge in [-0.05, 0) is 62.7 Å². The molecule has 2 N–H and O–H groups in total. The number of benzene rings is 4. The molecule has 0 radical (unpaired) electrons. The fourth-order valence-electron chi connectivity index (χ4n) is 3.96. The molecule has 150 valence electrons. The summed E-state index contributed by atoms with van der Waals surface area (Å²) in [6.45, 7) is 0. The van der Waals surface area contributed by atoms with Crippen LogP contribution in [0.15, 0.2) is 72.8 Å². The molecule has 4 nitrogen and oxygen atoms in total. The van der Waals surface area contributed by atoms with Gasteiger partial charge in [-0.3, -0.25) is 9.59 Å². The quantitative estimate of drug-likeness (QED) is 0.419. The standard InChI is InChI=1S/C26H22O4/c27-25(28)13-8-17-7-12-23-20(15-17)5-2-6-22(23)21-10-9-18-3-1-4-19(24(18)16-21)11-14-26(29)30/h1-7,9-10,12,15-16H,8,11,13-14H2,(H,27,28)(H,29,30). The van der Waals surface area contributed by atoms with Gasteiger partial charge in [-0.25, -0.2) is 0 Å². The van der Waals surface area contributed by atoms with Crippen molar-refractivity contribution in [1.82, 2.24) is 0 Å². The van der Waals surface area contributed by atoms with E-state index in [0.29, 0.717) is 12.8 Å². The van der Waals surface area contributed by atoms with E-state index in [1.54, 1.807) is 0 Å². The lowest BCUT2D eigenvalue weighted by molar-refractivity contribution is -0.138. The Labute approximate surface area is 174 Å². The fourth-order valence-corrected chi connectivity index (χ4v) is 3.96. The normalized spacial score (nSPS) is 11.1. The Kier molecular flexibility index (Phi) is 5.48. The summed E-state index contributed by atoms with van der Waals surface area (Å²) in [6.07, 6.45) is 1.24. The van der Waals surface area contributed by atoms with Crippen LogP contribution in [0.2, 0.25) is 0 Å². The molecular formula is C26H22O4. The third kappa shape index (κ3) is 4.18. The van der Waals surface area contributed by atoms with Crippen LogP contribution in [0.4, 0.5) is 0 Å². The Hall–Kier alpha value is -3.66. The van der Waals surface area contributed by atoms with Crippen LogP contribution in [0.1, 0.15) is 24.0 Å². The maximum Gasteiger partial charge on any atom is 0.303 e. The molecule has 0 fully saturated rings. The molecule has 0 atom stereocenters. The van der Waals surface area contributed by atoms with Gasteiger partial charge in [0.15, 0.2) is 0 Å². The minimum Gasteiger partial charge on any atom is -0.481 e. The van der Waals surface area contributed by atoms with Crippen molar-refractivity contribution in [2.75, 3.05) is 0 Å². The SMILES string of the molecule is O=C(O)CCc1ccc2c(-c3ccc4cccc(CCC(=O)O)c4c3)cccc2c1. The molecule has 0 heterocycles. The topological polar surface area (TPSA) is 74.6 Å². The van der Waals surface area contributed by atoms with E-state index in [2.05, 4.69) is 36.4 Å². The molecular weight excluding hydrogens is 376 g/mol. The predicted molar refractivity (Wildman–Crippen MR) is 119 cm³/mol. The molecule has 0 aliphatic rings. The zero-order chi connectivity index (χ0) is 21.1. The van der Waals surface area contributed by atoms with Crippen molar-refractivity contribution in [3.05, 3.63) is 83.9 Å². The van der Waals surface area contributed by atoms with Crippen LogP contribution in [0, 0.1) is 0 Å². The molecule has 4 rings (SSSR count). The molecule has 30 heavy (non-hydrogen) atoms. The first-order chi connectivity index (χ1) is 14.5. The van der Waals surface area contributed by atoms with Gasteiger partial charge < -0.3 is 10.2 Å². The van der Waals surface area contributed by atoms with E-state index >= 15 is 0 Å². The van der Waals surface area contributed by atoms with E-state index in [4.69, 9.17) is 10.2 Å². The van der Waals surface area contributed by atoms with Crippen LogP contribution in [0.25, 0.3) is 32.7 Å². The molecule has 0 aliphatic heterocycles. The van der Waals surface area contributed by atoms with Crippen molar-refractivity contribution in [2.45, 2.75) is 25.7 Å². The lowest BCUT2D eigenvalue weighted by Gasteiger charge is -2.11. The van der Waals surface area contributed by atoms with Gasteiger partial charge in [-0.1, -0.05) is 66.7 Å². The Morgan fingerprint density at radius 1 is 0.667 bits per heavy atom. The Morgan fingerprint density at radius 3 is 2.20 bits per heavy atom. The summed E-state index contributed by atoms with van der Waals surface area (Å²) >= 11 is 0. The highest BCUT2D eigenvalue weighted by Crippen LogP contribution is 2.32. The highest BCUT2D eigenvalue weighted by molar-refractivity contribution is 5.99. The number of hydrogen-bond acceptors (Lipinski definition) is 2. The second kappa shape index (κ2) is 8.37. The first kappa shape index (κ1) is 19.6. The summed E-state index contributed by atoms with van der Waals surface area (Å²) in [5.41, 5.74) is 4.23. The summed E-state index contributed by atoms with van der Waals surface area (Å²) < 4.78 is 0. The van der Waals surface area contributed by atoms with Gasteiger partial charge in [0.25, 0.3) is 0 Å². The number of hydrogen-bond donors (Lipinski definition) is 2. The van der Waals surface area contributed by atoms with Crippen LogP contribution in [0.5, 0.6) is 0 Å². The van der Waals surface area contributed by atoms with Crippen LogP contribution < -0.4 is 0 Å². The third-order valence-corrected chi connectivity index (χ3v) is 5.46. The molecule has 0 amide bonds. The molecule has 4 aromatic rings. The smallest absolute Gasteiger partial charge is 0.303 e. The van der Waals surface area contributed by atoms with Gasteiger partial charge in [-0.2, -0.15) is 0 Å². The van der Waals surface area contributed by atoms with E-state index in [9.17, 15) is 9.59 Å². The molecule has 0 aliphatic carbocycles. The highest BCUT2D eigenvalue weighted by Gasteiger charge is 2.09. The summed E-state index contributed by atoms with van der Waals surface area (Å²) in [6, 6.07) is 24.6. The molecule has 4 aromatic carbocycles. The van der Waals surface area contributed by atoms with Crippen LogP contribution in [-0.4, -0.2) is 22.2 Å². The minimum absolute atomic E-state index is 0.108. The van der Waals surface area contributed by atoms with Crippen molar-refractivity contribution in [1.29, 1.82) is 0 Å². The molecule has 0 bridgehead atoms. The second-order valence-electron chi connectivity index (χ2n) is 7.50. The molecule has 0 saturated carbocycles. The fraction of sp³-hybridized carbons (Fsp3) is 0.154. The van der Waals surface area contributed by atoms with Crippen molar-refractivity contribution >= 4 is 33.5 Å². The predicted octanol–water partition coefficient (Wildman–Crippen LogP) is 5.69.